The molecule has 5 nitrogen and oxygen atoms in total. The number of amides is 1. The number of sulfone groups is 1. The van der Waals surface area contributed by atoms with E-state index in [1.165, 1.54) is 0 Å². The maximum absolute atomic E-state index is 12.1. The van der Waals surface area contributed by atoms with Crippen molar-refractivity contribution in [2.45, 2.75) is 44.9 Å². The summed E-state index contributed by atoms with van der Waals surface area (Å²) < 4.78 is 24.2. The molecule has 0 heterocycles. The highest BCUT2D eigenvalue weighted by atomic mass is 32.2. The Bertz CT molecular complexity index is 390. The van der Waals surface area contributed by atoms with Crippen LogP contribution >= 0.6 is 0 Å². The Morgan fingerprint density at radius 2 is 2.06 bits per heavy atom. The largest absolute Gasteiger partial charge is 0.356 e. The summed E-state index contributed by atoms with van der Waals surface area (Å²) in [4.78, 5) is 11.4. The van der Waals surface area contributed by atoms with Gasteiger partial charge in [-0.25, -0.2) is 8.42 Å². The lowest BCUT2D eigenvalue weighted by atomic mass is 9.88. The van der Waals surface area contributed by atoms with Crippen molar-refractivity contribution in [3.63, 3.8) is 0 Å². The Balaban J connectivity index is 2.76. The summed E-state index contributed by atoms with van der Waals surface area (Å²) >= 11 is 0. The second-order valence-corrected chi connectivity index (χ2v) is 7.57. The zero-order valence-corrected chi connectivity index (χ0v) is 11.5. The quantitative estimate of drug-likeness (QED) is 0.749. The molecule has 0 spiro atoms. The first-order valence-electron chi connectivity index (χ1n) is 5.94. The summed E-state index contributed by atoms with van der Waals surface area (Å²) in [5, 5.41) is 1.92. The topological polar surface area (TPSA) is 89.3 Å². The van der Waals surface area contributed by atoms with Crippen molar-refractivity contribution in [3.05, 3.63) is 0 Å². The molecule has 0 bridgehead atoms. The van der Waals surface area contributed by atoms with E-state index in [0.717, 1.165) is 6.42 Å². The standard InChI is InChI=1S/C11H22N2O3S/c1-4-13-9(14)7-17(15,16)8-5-6-11(2,3)10(8)12/h8,10H,4-7,12H2,1-3H3,(H,13,14). The molecule has 1 rings (SSSR count). The first kappa shape index (κ1) is 14.4. The maximum atomic E-state index is 12.1. The minimum atomic E-state index is -3.44. The Hall–Kier alpha value is -0.620. The zero-order valence-electron chi connectivity index (χ0n) is 10.7. The van der Waals surface area contributed by atoms with Gasteiger partial charge in [0.25, 0.3) is 0 Å². The van der Waals surface area contributed by atoms with E-state index in [0.29, 0.717) is 13.0 Å². The molecule has 1 fully saturated rings. The average Bonchev–Trinajstić information content (AvgIpc) is 2.41. The highest BCUT2D eigenvalue weighted by Crippen LogP contribution is 2.39. The van der Waals surface area contributed by atoms with Gasteiger partial charge in [0.1, 0.15) is 5.75 Å². The molecule has 17 heavy (non-hydrogen) atoms. The zero-order chi connectivity index (χ0) is 13.3. The molecule has 100 valence electrons. The van der Waals surface area contributed by atoms with Gasteiger partial charge >= 0.3 is 0 Å². The first-order chi connectivity index (χ1) is 7.70. The van der Waals surface area contributed by atoms with Crippen LogP contribution in [0.4, 0.5) is 0 Å². The number of nitrogens with one attached hydrogen (secondary N) is 1. The van der Waals surface area contributed by atoms with Crippen LogP contribution < -0.4 is 11.1 Å². The summed E-state index contributed by atoms with van der Waals surface area (Å²) in [6.45, 7) is 6.14. The Labute approximate surface area is 103 Å². The normalized spacial score (nSPS) is 28.0. The van der Waals surface area contributed by atoms with Crippen LogP contribution in [0.1, 0.15) is 33.6 Å². The summed E-state index contributed by atoms with van der Waals surface area (Å²) in [6.07, 6.45) is 1.34. The van der Waals surface area contributed by atoms with E-state index in [1.807, 2.05) is 13.8 Å². The number of rotatable bonds is 4. The number of hydrogen-bond acceptors (Lipinski definition) is 4. The van der Waals surface area contributed by atoms with Gasteiger partial charge in [0.15, 0.2) is 9.84 Å². The van der Waals surface area contributed by atoms with Crippen molar-refractivity contribution >= 4 is 15.7 Å². The molecule has 0 aliphatic heterocycles. The SMILES string of the molecule is CCNC(=O)CS(=O)(=O)C1CCC(C)(C)C1N. The number of carbonyl (C=O) groups excluding carboxylic acids is 1. The fourth-order valence-electron chi connectivity index (χ4n) is 2.30. The maximum Gasteiger partial charge on any atom is 0.235 e. The molecule has 0 saturated heterocycles. The highest BCUT2D eigenvalue weighted by molar-refractivity contribution is 7.92. The molecule has 0 aromatic heterocycles. The van der Waals surface area contributed by atoms with Crippen molar-refractivity contribution in [3.8, 4) is 0 Å². The third kappa shape index (κ3) is 3.19. The average molecular weight is 262 g/mol. The Morgan fingerprint density at radius 1 is 1.47 bits per heavy atom. The lowest BCUT2D eigenvalue weighted by Gasteiger charge is -2.26. The summed E-state index contributed by atoms with van der Waals surface area (Å²) in [6, 6.07) is -0.387. The number of nitrogens with two attached hydrogens (primary N) is 1. The minimum absolute atomic E-state index is 0.168. The Kier molecular flexibility index (Phi) is 4.19. The van der Waals surface area contributed by atoms with Crippen molar-refractivity contribution in [1.82, 2.24) is 5.32 Å². The molecule has 1 amide bonds. The lowest BCUT2D eigenvalue weighted by molar-refractivity contribution is -0.118. The number of carbonyl (C=O) groups is 1. The van der Waals surface area contributed by atoms with Gasteiger partial charge in [0, 0.05) is 12.6 Å². The van der Waals surface area contributed by atoms with Gasteiger partial charge < -0.3 is 11.1 Å². The predicted octanol–water partition coefficient (Wildman–Crippen LogP) is 0.0532. The molecule has 0 aromatic rings. The van der Waals surface area contributed by atoms with E-state index < -0.39 is 26.7 Å². The molecule has 0 aromatic carbocycles. The summed E-state index contributed by atoms with van der Waals surface area (Å²) in [5.41, 5.74) is 5.81. The van der Waals surface area contributed by atoms with Crippen LogP contribution in [0.3, 0.4) is 0 Å². The van der Waals surface area contributed by atoms with Gasteiger partial charge in [-0.05, 0) is 25.2 Å². The van der Waals surface area contributed by atoms with Gasteiger partial charge in [-0.1, -0.05) is 13.8 Å². The monoisotopic (exact) mass is 262 g/mol. The molecule has 1 aliphatic carbocycles. The second kappa shape index (κ2) is 4.94. The van der Waals surface area contributed by atoms with Crippen molar-refractivity contribution in [2.75, 3.05) is 12.3 Å². The van der Waals surface area contributed by atoms with Crippen molar-refractivity contribution in [1.29, 1.82) is 0 Å². The van der Waals surface area contributed by atoms with E-state index in [1.54, 1.807) is 6.92 Å². The molecule has 1 aliphatic rings. The molecule has 0 radical (unpaired) electrons. The van der Waals surface area contributed by atoms with Crippen LogP contribution in [0.5, 0.6) is 0 Å². The fourth-order valence-corrected chi connectivity index (χ4v) is 4.28. The first-order valence-corrected chi connectivity index (χ1v) is 7.66. The lowest BCUT2D eigenvalue weighted by Crippen LogP contribution is -2.46. The van der Waals surface area contributed by atoms with Gasteiger partial charge in [-0.2, -0.15) is 0 Å². The van der Waals surface area contributed by atoms with Crippen LogP contribution in [0.2, 0.25) is 0 Å². The van der Waals surface area contributed by atoms with E-state index in [4.69, 9.17) is 5.73 Å². The van der Waals surface area contributed by atoms with E-state index >= 15 is 0 Å². The van der Waals surface area contributed by atoms with Gasteiger partial charge in [0.05, 0.1) is 5.25 Å². The summed E-state index contributed by atoms with van der Waals surface area (Å²) in [5.74, 6) is -0.889. The molecule has 2 atom stereocenters. The van der Waals surface area contributed by atoms with Gasteiger partial charge in [0.2, 0.25) is 5.91 Å². The van der Waals surface area contributed by atoms with Crippen LogP contribution in [0.25, 0.3) is 0 Å². The number of hydrogen-bond donors (Lipinski definition) is 2. The van der Waals surface area contributed by atoms with Gasteiger partial charge in [-0.3, -0.25) is 4.79 Å². The smallest absolute Gasteiger partial charge is 0.235 e. The highest BCUT2D eigenvalue weighted by Gasteiger charge is 2.46. The second-order valence-electron chi connectivity index (χ2n) is 5.35. The van der Waals surface area contributed by atoms with E-state index in [-0.39, 0.29) is 11.5 Å². The van der Waals surface area contributed by atoms with Crippen LogP contribution in [-0.4, -0.2) is 37.9 Å². The molecule has 3 N–H and O–H groups in total. The molecule has 1 saturated carbocycles. The third-order valence-corrected chi connectivity index (χ3v) is 5.66. The predicted molar refractivity (Wildman–Crippen MR) is 67.2 cm³/mol. The molecule has 2 unspecified atom stereocenters. The van der Waals surface area contributed by atoms with Crippen molar-refractivity contribution in [2.24, 2.45) is 11.1 Å². The van der Waals surface area contributed by atoms with Crippen LogP contribution in [0.15, 0.2) is 0 Å². The van der Waals surface area contributed by atoms with Gasteiger partial charge in [-0.15, -0.1) is 0 Å². The fraction of sp³-hybridized carbons (Fsp3) is 0.909. The molecular formula is C11H22N2O3S. The van der Waals surface area contributed by atoms with E-state index in [2.05, 4.69) is 5.32 Å². The minimum Gasteiger partial charge on any atom is -0.356 e. The van der Waals surface area contributed by atoms with E-state index in [9.17, 15) is 13.2 Å². The van der Waals surface area contributed by atoms with Crippen molar-refractivity contribution < 1.29 is 13.2 Å². The van der Waals surface area contributed by atoms with Crippen LogP contribution in [-0.2, 0) is 14.6 Å². The molecule has 6 heteroatoms. The Morgan fingerprint density at radius 3 is 2.47 bits per heavy atom. The van der Waals surface area contributed by atoms with Crippen LogP contribution in [0, 0.1) is 5.41 Å². The molecular weight excluding hydrogens is 240 g/mol. The third-order valence-electron chi connectivity index (χ3n) is 3.54. The summed E-state index contributed by atoms with van der Waals surface area (Å²) in [7, 11) is -3.44.